The average molecular weight is 355 g/mol. The molecule has 0 bridgehead atoms. The van der Waals surface area contributed by atoms with E-state index in [4.69, 9.17) is 17.0 Å². The number of hydrogen-bond donors (Lipinski definition) is 3. The Morgan fingerprint density at radius 1 is 1.13 bits per heavy atom. The standard InChI is InChI=1S/C15H21N3O3S2/c1-9(19)17-18-15(22)16-13-12(14(20)21-2)10-7-5-3-4-6-8-11(10)23-13/h3-8H2,1-2H3,(H,17,19)(H2,16,18,22). The van der Waals surface area contributed by atoms with Crippen LogP contribution in [0.1, 0.15) is 53.4 Å². The van der Waals surface area contributed by atoms with Gasteiger partial charge in [0.25, 0.3) is 0 Å². The molecule has 1 aromatic heterocycles. The van der Waals surface area contributed by atoms with Gasteiger partial charge in [-0.1, -0.05) is 12.8 Å². The quantitative estimate of drug-likeness (QED) is 0.430. The van der Waals surface area contributed by atoms with Gasteiger partial charge >= 0.3 is 5.97 Å². The molecule has 0 fully saturated rings. The van der Waals surface area contributed by atoms with Gasteiger partial charge in [0.05, 0.1) is 12.7 Å². The van der Waals surface area contributed by atoms with E-state index in [1.165, 1.54) is 43.1 Å². The second kappa shape index (κ2) is 8.26. The third kappa shape index (κ3) is 4.65. The van der Waals surface area contributed by atoms with Crippen molar-refractivity contribution in [3.8, 4) is 0 Å². The average Bonchev–Trinajstić information content (AvgIpc) is 2.81. The minimum absolute atomic E-state index is 0.236. The number of methoxy groups -OCH3 is 1. The predicted octanol–water partition coefficient (Wildman–Crippen LogP) is 2.53. The normalized spacial score (nSPS) is 14.0. The SMILES string of the molecule is COC(=O)c1c(NC(=S)NNC(C)=O)sc2c1CCCCCC2. The van der Waals surface area contributed by atoms with Gasteiger partial charge in [0.15, 0.2) is 5.11 Å². The molecule has 0 spiro atoms. The highest BCUT2D eigenvalue weighted by Gasteiger charge is 2.25. The van der Waals surface area contributed by atoms with E-state index in [9.17, 15) is 9.59 Å². The van der Waals surface area contributed by atoms with E-state index >= 15 is 0 Å². The zero-order valence-corrected chi connectivity index (χ0v) is 14.9. The first-order chi connectivity index (χ1) is 11.0. The summed E-state index contributed by atoms with van der Waals surface area (Å²) in [6.07, 6.45) is 6.45. The number of carbonyl (C=O) groups excluding carboxylic acids is 2. The molecule has 1 aromatic rings. The molecule has 0 atom stereocenters. The lowest BCUT2D eigenvalue weighted by atomic mass is 9.96. The van der Waals surface area contributed by atoms with Crippen LogP contribution in [0.5, 0.6) is 0 Å². The zero-order chi connectivity index (χ0) is 16.8. The monoisotopic (exact) mass is 355 g/mol. The maximum Gasteiger partial charge on any atom is 0.341 e. The van der Waals surface area contributed by atoms with E-state index in [1.807, 2.05) is 0 Å². The van der Waals surface area contributed by atoms with Crippen LogP contribution in [0.25, 0.3) is 0 Å². The summed E-state index contributed by atoms with van der Waals surface area (Å²) in [5.41, 5.74) is 6.65. The molecule has 126 valence electrons. The Hall–Kier alpha value is -1.67. The molecular formula is C15H21N3O3S2. The molecule has 2 rings (SSSR count). The van der Waals surface area contributed by atoms with Crippen LogP contribution in [0.4, 0.5) is 5.00 Å². The minimum atomic E-state index is -0.354. The summed E-state index contributed by atoms with van der Waals surface area (Å²) in [5.74, 6) is -0.603. The molecule has 0 aliphatic heterocycles. The van der Waals surface area contributed by atoms with Crippen molar-refractivity contribution in [1.29, 1.82) is 0 Å². The van der Waals surface area contributed by atoms with Crippen LogP contribution in [-0.4, -0.2) is 24.1 Å². The van der Waals surface area contributed by atoms with Crippen molar-refractivity contribution in [3.63, 3.8) is 0 Å². The number of carbonyl (C=O) groups is 2. The number of fused-ring (bicyclic) bond motifs is 1. The van der Waals surface area contributed by atoms with Crippen LogP contribution in [0.2, 0.25) is 0 Å². The Morgan fingerprint density at radius 3 is 2.48 bits per heavy atom. The molecule has 0 saturated carbocycles. The fraction of sp³-hybridized carbons (Fsp3) is 0.533. The predicted molar refractivity (Wildman–Crippen MR) is 94.7 cm³/mol. The van der Waals surface area contributed by atoms with Crippen LogP contribution in [-0.2, 0) is 22.4 Å². The van der Waals surface area contributed by atoms with Crippen molar-refractivity contribution < 1.29 is 14.3 Å². The zero-order valence-electron chi connectivity index (χ0n) is 13.3. The van der Waals surface area contributed by atoms with E-state index < -0.39 is 0 Å². The van der Waals surface area contributed by atoms with Gasteiger partial charge in [0.2, 0.25) is 5.91 Å². The molecule has 0 radical (unpaired) electrons. The first kappa shape index (κ1) is 17.7. The molecule has 0 saturated heterocycles. The molecule has 0 aromatic carbocycles. The fourth-order valence-electron chi connectivity index (χ4n) is 2.60. The molecule has 23 heavy (non-hydrogen) atoms. The fourth-order valence-corrected chi connectivity index (χ4v) is 4.10. The van der Waals surface area contributed by atoms with E-state index in [0.717, 1.165) is 31.2 Å². The molecule has 1 aliphatic rings. The number of ether oxygens (including phenoxy) is 1. The number of thiocarbonyl (C=S) groups is 1. The van der Waals surface area contributed by atoms with Crippen LogP contribution in [0.15, 0.2) is 0 Å². The number of nitrogens with one attached hydrogen (secondary N) is 3. The maximum atomic E-state index is 12.2. The summed E-state index contributed by atoms with van der Waals surface area (Å²) < 4.78 is 4.95. The third-order valence-electron chi connectivity index (χ3n) is 3.64. The highest BCUT2D eigenvalue weighted by atomic mass is 32.1. The van der Waals surface area contributed by atoms with Gasteiger partial charge in [-0.05, 0) is 43.5 Å². The number of aryl methyl sites for hydroxylation is 1. The smallest absolute Gasteiger partial charge is 0.341 e. The summed E-state index contributed by atoms with van der Waals surface area (Å²) in [6.45, 7) is 1.38. The summed E-state index contributed by atoms with van der Waals surface area (Å²) >= 11 is 6.69. The topological polar surface area (TPSA) is 79.5 Å². The van der Waals surface area contributed by atoms with Crippen LogP contribution < -0.4 is 16.2 Å². The lowest BCUT2D eigenvalue weighted by molar-refractivity contribution is -0.119. The van der Waals surface area contributed by atoms with Gasteiger partial charge in [0, 0.05) is 11.8 Å². The van der Waals surface area contributed by atoms with E-state index in [0.29, 0.717) is 10.6 Å². The number of amides is 1. The van der Waals surface area contributed by atoms with Gasteiger partial charge in [-0.3, -0.25) is 15.6 Å². The van der Waals surface area contributed by atoms with Crippen LogP contribution in [0.3, 0.4) is 0 Å². The Morgan fingerprint density at radius 2 is 1.83 bits per heavy atom. The number of rotatable bonds is 2. The Bertz CT molecular complexity index is 613. The van der Waals surface area contributed by atoms with Crippen LogP contribution in [0, 0.1) is 0 Å². The summed E-state index contributed by atoms with van der Waals surface area (Å²) in [6, 6.07) is 0. The first-order valence-corrected chi connectivity index (χ1v) is 8.81. The van der Waals surface area contributed by atoms with Crippen molar-refractivity contribution in [2.75, 3.05) is 12.4 Å². The lowest BCUT2D eigenvalue weighted by Gasteiger charge is -2.12. The highest BCUT2D eigenvalue weighted by Crippen LogP contribution is 2.37. The Labute approximate surface area is 144 Å². The van der Waals surface area contributed by atoms with Gasteiger partial charge in [-0.25, -0.2) is 4.79 Å². The molecule has 1 aliphatic carbocycles. The van der Waals surface area contributed by atoms with E-state index in [2.05, 4.69) is 16.2 Å². The van der Waals surface area contributed by atoms with E-state index in [-0.39, 0.29) is 17.0 Å². The summed E-state index contributed by atoms with van der Waals surface area (Å²) in [5, 5.41) is 3.91. The molecular weight excluding hydrogens is 334 g/mol. The van der Waals surface area contributed by atoms with Crippen molar-refractivity contribution >= 4 is 45.5 Å². The van der Waals surface area contributed by atoms with Crippen molar-refractivity contribution in [1.82, 2.24) is 10.9 Å². The second-order valence-corrected chi connectivity index (χ2v) is 6.89. The van der Waals surface area contributed by atoms with Gasteiger partial charge in [-0.15, -0.1) is 11.3 Å². The van der Waals surface area contributed by atoms with Gasteiger partial charge in [0.1, 0.15) is 5.00 Å². The first-order valence-electron chi connectivity index (χ1n) is 7.59. The molecule has 1 amide bonds. The summed E-state index contributed by atoms with van der Waals surface area (Å²) in [4.78, 5) is 24.4. The van der Waals surface area contributed by atoms with E-state index in [1.54, 1.807) is 0 Å². The molecule has 3 N–H and O–H groups in total. The van der Waals surface area contributed by atoms with Crippen molar-refractivity contribution in [3.05, 3.63) is 16.0 Å². The number of hydrazine groups is 1. The lowest BCUT2D eigenvalue weighted by Crippen LogP contribution is -2.42. The Balaban J connectivity index is 2.26. The molecule has 1 heterocycles. The van der Waals surface area contributed by atoms with Crippen molar-refractivity contribution in [2.24, 2.45) is 0 Å². The maximum absolute atomic E-state index is 12.2. The van der Waals surface area contributed by atoms with Gasteiger partial charge < -0.3 is 10.1 Å². The summed E-state index contributed by atoms with van der Waals surface area (Å²) in [7, 11) is 1.38. The molecule has 6 nitrogen and oxygen atoms in total. The molecule has 8 heteroatoms. The highest BCUT2D eigenvalue weighted by molar-refractivity contribution is 7.80. The second-order valence-electron chi connectivity index (χ2n) is 5.37. The number of hydrogen-bond acceptors (Lipinski definition) is 5. The molecule has 0 unspecified atom stereocenters. The number of thiophene rings is 1. The largest absolute Gasteiger partial charge is 0.465 e. The van der Waals surface area contributed by atoms with Crippen LogP contribution >= 0.6 is 23.6 Å². The Kier molecular flexibility index (Phi) is 6.35. The third-order valence-corrected chi connectivity index (χ3v) is 5.05. The number of anilines is 1. The van der Waals surface area contributed by atoms with Crippen molar-refractivity contribution in [2.45, 2.75) is 45.4 Å². The number of esters is 1. The van der Waals surface area contributed by atoms with Gasteiger partial charge in [-0.2, -0.15) is 0 Å². The minimum Gasteiger partial charge on any atom is -0.465 e.